The third kappa shape index (κ3) is 4.54. The maximum Gasteiger partial charge on any atom is 0.132 e. The van der Waals surface area contributed by atoms with Crippen LogP contribution in [0.25, 0.3) is 0 Å². The number of hydrogen-bond donors (Lipinski definition) is 1. The molecule has 2 aliphatic rings. The number of rotatable bonds is 10. The number of unbranched alkanes of at least 4 members (excludes halogenated alkanes) is 2. The molecule has 1 aliphatic carbocycles. The van der Waals surface area contributed by atoms with Gasteiger partial charge in [0.15, 0.2) is 0 Å². The summed E-state index contributed by atoms with van der Waals surface area (Å²) in [6.07, 6.45) is 5.62. The lowest BCUT2D eigenvalue weighted by atomic mass is 9.68. The molecular weight excluding hydrogens is 423 g/mol. The molecule has 33 heavy (non-hydrogen) atoms. The van der Waals surface area contributed by atoms with Gasteiger partial charge in [0, 0.05) is 30.5 Å². The van der Waals surface area contributed by atoms with E-state index < -0.39 is 23.3 Å². The Hall–Kier alpha value is -2.34. The molecule has 2 aromatic carbocycles. The minimum absolute atomic E-state index is 0.0849. The molecule has 1 fully saturated rings. The first kappa shape index (κ1) is 23.8. The van der Waals surface area contributed by atoms with E-state index in [0.29, 0.717) is 5.71 Å². The second-order valence-corrected chi connectivity index (χ2v) is 9.41. The molecule has 0 bridgehead atoms. The lowest BCUT2D eigenvalue weighted by Crippen LogP contribution is -2.54. The Morgan fingerprint density at radius 2 is 1.88 bits per heavy atom. The summed E-state index contributed by atoms with van der Waals surface area (Å²) in [5.74, 6) is -1.27. The molecule has 1 heterocycles. The van der Waals surface area contributed by atoms with Gasteiger partial charge in [-0.15, -0.1) is 0 Å². The average Bonchev–Trinajstić information content (AvgIpc) is 3.09. The number of benzene rings is 2. The zero-order valence-electron chi connectivity index (χ0n) is 19.3. The summed E-state index contributed by atoms with van der Waals surface area (Å²) in [4.78, 5) is 0. The number of nitrogens with two attached hydrogens (primary N) is 1. The second-order valence-electron chi connectivity index (χ2n) is 9.41. The molecule has 1 aliphatic heterocycles. The summed E-state index contributed by atoms with van der Waals surface area (Å²) in [7, 11) is 0. The van der Waals surface area contributed by atoms with Crippen molar-refractivity contribution < 1.29 is 13.2 Å². The van der Waals surface area contributed by atoms with Gasteiger partial charge in [-0.1, -0.05) is 56.5 Å². The van der Waals surface area contributed by atoms with Crippen LogP contribution in [-0.4, -0.2) is 29.5 Å². The highest BCUT2D eigenvalue weighted by atomic mass is 19.1. The predicted octanol–water partition coefficient (Wildman–Crippen LogP) is 6.32. The number of hydrogen-bond acceptors (Lipinski definition) is 3. The molecule has 0 aromatic heterocycles. The zero-order valence-corrected chi connectivity index (χ0v) is 19.3. The van der Waals surface area contributed by atoms with Crippen LogP contribution in [-0.2, 0) is 5.54 Å². The molecule has 1 saturated carbocycles. The fourth-order valence-corrected chi connectivity index (χ4v) is 5.44. The quantitative estimate of drug-likeness (QED) is 0.425. The molecule has 6 heteroatoms. The van der Waals surface area contributed by atoms with Crippen LogP contribution in [0.2, 0.25) is 0 Å². The van der Waals surface area contributed by atoms with Gasteiger partial charge in [0.1, 0.15) is 17.8 Å². The van der Waals surface area contributed by atoms with Crippen LogP contribution in [0.5, 0.6) is 0 Å². The van der Waals surface area contributed by atoms with Crippen molar-refractivity contribution >= 4 is 5.71 Å². The van der Waals surface area contributed by atoms with E-state index in [4.69, 9.17) is 10.8 Å². The van der Waals surface area contributed by atoms with Crippen molar-refractivity contribution in [2.75, 3.05) is 6.54 Å². The Bertz CT molecular complexity index is 960. The fraction of sp³-hybridized carbons (Fsp3) is 0.519. The molecule has 0 radical (unpaired) electrons. The molecule has 3 atom stereocenters. The molecular formula is C27H34F3N3. The smallest absolute Gasteiger partial charge is 0.132 e. The van der Waals surface area contributed by atoms with E-state index >= 15 is 8.78 Å². The summed E-state index contributed by atoms with van der Waals surface area (Å²) >= 11 is 0. The maximum atomic E-state index is 15.2. The molecule has 1 unspecified atom stereocenters. The first-order chi connectivity index (χ1) is 16.0. The SMILES string of the molecule is CCCCCC1C(c2cc(F)ccc2F)=NN(C2CCC2)[C@@]1(C[C@H](F)CN)c1ccccc1. The first-order valence-corrected chi connectivity index (χ1v) is 12.2. The number of halogens is 3. The number of hydrazone groups is 1. The van der Waals surface area contributed by atoms with Crippen molar-refractivity contribution in [2.24, 2.45) is 16.8 Å². The van der Waals surface area contributed by atoms with Crippen LogP contribution in [0, 0.1) is 17.6 Å². The van der Waals surface area contributed by atoms with E-state index in [1.807, 2.05) is 35.3 Å². The van der Waals surface area contributed by atoms with Gasteiger partial charge in [-0.05, 0) is 49.4 Å². The molecule has 3 nitrogen and oxygen atoms in total. The monoisotopic (exact) mass is 457 g/mol. The minimum Gasteiger partial charge on any atom is -0.328 e. The Morgan fingerprint density at radius 3 is 2.52 bits per heavy atom. The van der Waals surface area contributed by atoms with Gasteiger partial charge in [-0.25, -0.2) is 13.2 Å². The van der Waals surface area contributed by atoms with Crippen LogP contribution < -0.4 is 5.73 Å². The molecule has 178 valence electrons. The van der Waals surface area contributed by atoms with Crippen LogP contribution in [0.4, 0.5) is 13.2 Å². The molecule has 2 aromatic rings. The normalized spacial score (nSPS) is 24.0. The van der Waals surface area contributed by atoms with E-state index in [2.05, 4.69) is 6.92 Å². The topological polar surface area (TPSA) is 41.6 Å². The number of alkyl halides is 1. The van der Waals surface area contributed by atoms with Crippen molar-refractivity contribution in [3.8, 4) is 0 Å². The maximum absolute atomic E-state index is 15.2. The van der Waals surface area contributed by atoms with Crippen molar-refractivity contribution in [1.82, 2.24) is 5.01 Å². The Kier molecular flexibility index (Phi) is 7.42. The zero-order chi connectivity index (χ0) is 23.4. The highest BCUT2D eigenvalue weighted by Gasteiger charge is 2.55. The first-order valence-electron chi connectivity index (χ1n) is 12.2. The van der Waals surface area contributed by atoms with E-state index in [1.165, 1.54) is 6.07 Å². The van der Waals surface area contributed by atoms with Gasteiger partial charge in [0.05, 0.1) is 11.3 Å². The van der Waals surface area contributed by atoms with Crippen LogP contribution in [0.3, 0.4) is 0 Å². The van der Waals surface area contributed by atoms with Crippen molar-refractivity contribution in [1.29, 1.82) is 0 Å². The summed E-state index contributed by atoms with van der Waals surface area (Å²) in [6, 6.07) is 13.5. The van der Waals surface area contributed by atoms with Crippen molar-refractivity contribution in [2.45, 2.75) is 76.0 Å². The fourth-order valence-electron chi connectivity index (χ4n) is 5.44. The molecule has 4 rings (SSSR count). The summed E-state index contributed by atoms with van der Waals surface area (Å²) in [5.41, 5.74) is 6.66. The van der Waals surface area contributed by atoms with Gasteiger partial charge in [0.2, 0.25) is 0 Å². The highest BCUT2D eigenvalue weighted by Crippen LogP contribution is 2.52. The van der Waals surface area contributed by atoms with Gasteiger partial charge < -0.3 is 5.73 Å². The Labute approximate surface area is 194 Å². The van der Waals surface area contributed by atoms with Gasteiger partial charge >= 0.3 is 0 Å². The summed E-state index contributed by atoms with van der Waals surface area (Å²) < 4.78 is 44.4. The Morgan fingerprint density at radius 1 is 1.12 bits per heavy atom. The Balaban J connectivity index is 1.91. The van der Waals surface area contributed by atoms with Gasteiger partial charge in [0.25, 0.3) is 0 Å². The minimum atomic E-state index is -1.23. The molecule has 2 N–H and O–H groups in total. The lowest BCUT2D eigenvalue weighted by Gasteiger charge is -2.49. The third-order valence-electron chi connectivity index (χ3n) is 7.31. The highest BCUT2D eigenvalue weighted by molar-refractivity contribution is 6.04. The standard InChI is InChI=1S/C27H34F3N3/c1-2-3-5-13-24-26(23-16-20(28)14-15-25(23)30)32-33(22-11-8-12-22)27(24,17-21(29)18-31)19-9-6-4-7-10-19/h4,6-7,9-10,14-16,21-22,24H,2-3,5,8,11-13,17-18,31H2,1H3/t21-,24?,27-/m0/s1. The van der Waals surface area contributed by atoms with Crippen molar-refractivity contribution in [3.05, 3.63) is 71.3 Å². The summed E-state index contributed by atoms with van der Waals surface area (Å²) in [5, 5.41) is 7.04. The van der Waals surface area contributed by atoms with E-state index in [9.17, 15) is 4.39 Å². The molecule has 0 amide bonds. The van der Waals surface area contributed by atoms with Crippen LogP contribution in [0.1, 0.15) is 69.4 Å². The predicted molar refractivity (Wildman–Crippen MR) is 127 cm³/mol. The van der Waals surface area contributed by atoms with Crippen molar-refractivity contribution in [3.63, 3.8) is 0 Å². The van der Waals surface area contributed by atoms with Gasteiger partial charge in [-0.3, -0.25) is 5.01 Å². The second kappa shape index (κ2) is 10.3. The van der Waals surface area contributed by atoms with E-state index in [1.54, 1.807) is 0 Å². The summed E-state index contributed by atoms with van der Waals surface area (Å²) in [6.45, 7) is 2.05. The lowest BCUT2D eigenvalue weighted by molar-refractivity contribution is -0.0194. The largest absolute Gasteiger partial charge is 0.328 e. The van der Waals surface area contributed by atoms with E-state index in [-0.39, 0.29) is 30.5 Å². The van der Waals surface area contributed by atoms with E-state index in [0.717, 1.165) is 62.6 Å². The molecule has 0 spiro atoms. The molecule has 0 saturated heterocycles. The van der Waals surface area contributed by atoms with Gasteiger partial charge in [-0.2, -0.15) is 5.10 Å². The van der Waals surface area contributed by atoms with Crippen LogP contribution >= 0.6 is 0 Å². The average molecular weight is 458 g/mol. The van der Waals surface area contributed by atoms with Crippen LogP contribution in [0.15, 0.2) is 53.6 Å². The number of nitrogens with zero attached hydrogens (tertiary/aromatic N) is 2. The third-order valence-corrected chi connectivity index (χ3v) is 7.31.